The van der Waals surface area contributed by atoms with E-state index >= 15 is 0 Å². The molecular formula is C13H14N2O4. The standard InChI is InChI=1S/C13H14N2O4/c1-3-14(4-2)13(18)19-15-11(16)9-7-5-6-8-10(9)12(15)17/h5-8H,3-4H2,1-2H3. The molecule has 1 aliphatic rings. The van der Waals surface area contributed by atoms with Crippen molar-refractivity contribution in [3.8, 4) is 0 Å². The van der Waals surface area contributed by atoms with Crippen LogP contribution in [0, 0.1) is 0 Å². The van der Waals surface area contributed by atoms with Crippen LogP contribution in [0.4, 0.5) is 4.79 Å². The van der Waals surface area contributed by atoms with E-state index in [2.05, 4.69) is 0 Å². The van der Waals surface area contributed by atoms with Crippen LogP contribution in [-0.4, -0.2) is 41.0 Å². The maximum atomic E-state index is 12.0. The van der Waals surface area contributed by atoms with Gasteiger partial charge in [-0.3, -0.25) is 9.59 Å². The number of rotatable bonds is 3. The third-order valence-electron chi connectivity index (χ3n) is 2.95. The normalized spacial score (nSPS) is 13.5. The van der Waals surface area contributed by atoms with Crippen molar-refractivity contribution in [2.24, 2.45) is 0 Å². The molecule has 100 valence electrons. The Bertz CT molecular complexity index is 502. The molecule has 1 heterocycles. The van der Waals surface area contributed by atoms with Gasteiger partial charge < -0.3 is 9.74 Å². The summed E-state index contributed by atoms with van der Waals surface area (Å²) in [5.41, 5.74) is 0.500. The predicted octanol–water partition coefficient (Wildman–Crippen LogP) is 1.68. The lowest BCUT2D eigenvalue weighted by atomic mass is 10.1. The minimum atomic E-state index is -0.709. The number of imide groups is 1. The van der Waals surface area contributed by atoms with Gasteiger partial charge in [0.15, 0.2) is 0 Å². The predicted molar refractivity (Wildman–Crippen MR) is 66.3 cm³/mol. The van der Waals surface area contributed by atoms with Crippen LogP contribution >= 0.6 is 0 Å². The van der Waals surface area contributed by atoms with E-state index in [1.807, 2.05) is 0 Å². The van der Waals surface area contributed by atoms with Gasteiger partial charge in [0.2, 0.25) is 0 Å². The van der Waals surface area contributed by atoms with Gasteiger partial charge in [0, 0.05) is 13.1 Å². The number of carbonyl (C=O) groups is 3. The zero-order valence-electron chi connectivity index (χ0n) is 10.8. The Labute approximate surface area is 110 Å². The fourth-order valence-corrected chi connectivity index (χ4v) is 1.87. The van der Waals surface area contributed by atoms with Crippen molar-refractivity contribution in [3.63, 3.8) is 0 Å². The molecule has 1 aliphatic heterocycles. The Morgan fingerprint density at radius 3 is 2.00 bits per heavy atom. The van der Waals surface area contributed by atoms with E-state index in [0.717, 1.165) is 0 Å². The smallest absolute Gasteiger partial charge is 0.310 e. The van der Waals surface area contributed by atoms with Crippen molar-refractivity contribution in [2.45, 2.75) is 13.8 Å². The highest BCUT2D eigenvalue weighted by molar-refractivity contribution is 6.20. The molecule has 2 rings (SSSR count). The van der Waals surface area contributed by atoms with Gasteiger partial charge in [0.1, 0.15) is 0 Å². The van der Waals surface area contributed by atoms with E-state index in [9.17, 15) is 14.4 Å². The number of fused-ring (bicyclic) bond motifs is 1. The molecule has 0 N–H and O–H groups in total. The fourth-order valence-electron chi connectivity index (χ4n) is 1.87. The average Bonchev–Trinajstić information content (AvgIpc) is 2.66. The molecule has 0 unspecified atom stereocenters. The lowest BCUT2D eigenvalue weighted by molar-refractivity contribution is -0.0564. The highest BCUT2D eigenvalue weighted by atomic mass is 16.7. The summed E-state index contributed by atoms with van der Waals surface area (Å²) in [6.45, 7) is 4.46. The first-order chi connectivity index (χ1) is 9.10. The number of carbonyl (C=O) groups excluding carboxylic acids is 3. The van der Waals surface area contributed by atoms with Gasteiger partial charge in [-0.05, 0) is 26.0 Å². The van der Waals surface area contributed by atoms with Gasteiger partial charge in [-0.25, -0.2) is 4.79 Å². The molecule has 0 aliphatic carbocycles. The summed E-state index contributed by atoms with van der Waals surface area (Å²) in [4.78, 5) is 41.9. The third kappa shape index (κ3) is 2.16. The molecule has 0 saturated carbocycles. The van der Waals surface area contributed by atoms with Crippen LogP contribution in [0.25, 0.3) is 0 Å². The van der Waals surface area contributed by atoms with Gasteiger partial charge in [-0.15, -0.1) is 0 Å². The summed E-state index contributed by atoms with van der Waals surface area (Å²) in [6, 6.07) is 6.36. The van der Waals surface area contributed by atoms with E-state index in [1.165, 1.54) is 17.0 Å². The fraction of sp³-hybridized carbons (Fsp3) is 0.308. The summed E-state index contributed by atoms with van der Waals surface area (Å²) >= 11 is 0. The average molecular weight is 262 g/mol. The SMILES string of the molecule is CCN(CC)C(=O)ON1C(=O)c2ccccc2C1=O. The summed E-state index contributed by atoms with van der Waals surface area (Å²) in [5.74, 6) is -1.22. The van der Waals surface area contributed by atoms with Crippen LogP contribution in [0.5, 0.6) is 0 Å². The monoisotopic (exact) mass is 262 g/mol. The number of nitrogens with zero attached hydrogens (tertiary/aromatic N) is 2. The zero-order chi connectivity index (χ0) is 14.0. The first-order valence-corrected chi connectivity index (χ1v) is 6.04. The van der Waals surface area contributed by atoms with Gasteiger partial charge >= 0.3 is 6.09 Å². The molecule has 0 saturated heterocycles. The molecule has 6 nitrogen and oxygen atoms in total. The Balaban J connectivity index is 2.19. The largest absolute Gasteiger partial charge is 0.434 e. The lowest BCUT2D eigenvalue weighted by Crippen LogP contribution is -2.39. The zero-order valence-corrected chi connectivity index (χ0v) is 10.8. The molecule has 19 heavy (non-hydrogen) atoms. The number of hydrogen-bond acceptors (Lipinski definition) is 4. The quantitative estimate of drug-likeness (QED) is 0.777. The lowest BCUT2D eigenvalue weighted by Gasteiger charge is -2.20. The van der Waals surface area contributed by atoms with Gasteiger partial charge in [-0.2, -0.15) is 0 Å². The highest BCUT2D eigenvalue weighted by Crippen LogP contribution is 2.22. The van der Waals surface area contributed by atoms with Crippen molar-refractivity contribution in [3.05, 3.63) is 35.4 Å². The summed E-state index contributed by atoms with van der Waals surface area (Å²) < 4.78 is 0. The van der Waals surface area contributed by atoms with Crippen molar-refractivity contribution >= 4 is 17.9 Å². The van der Waals surface area contributed by atoms with E-state index in [1.54, 1.807) is 26.0 Å². The Morgan fingerprint density at radius 2 is 1.58 bits per heavy atom. The summed E-state index contributed by atoms with van der Waals surface area (Å²) in [6.07, 6.45) is -0.709. The molecule has 3 amide bonds. The van der Waals surface area contributed by atoms with Crippen molar-refractivity contribution < 1.29 is 19.2 Å². The molecular weight excluding hydrogens is 248 g/mol. The van der Waals surface area contributed by atoms with E-state index < -0.39 is 17.9 Å². The molecule has 1 aromatic carbocycles. The first-order valence-electron chi connectivity index (χ1n) is 6.04. The third-order valence-corrected chi connectivity index (χ3v) is 2.95. The second kappa shape index (κ2) is 5.09. The second-order valence-corrected chi connectivity index (χ2v) is 3.98. The van der Waals surface area contributed by atoms with E-state index in [-0.39, 0.29) is 11.1 Å². The van der Waals surface area contributed by atoms with Crippen LogP contribution in [0.15, 0.2) is 24.3 Å². The van der Waals surface area contributed by atoms with Crippen LogP contribution in [-0.2, 0) is 4.84 Å². The van der Waals surface area contributed by atoms with Gasteiger partial charge in [-0.1, -0.05) is 17.2 Å². The Hall–Kier alpha value is -2.37. The van der Waals surface area contributed by atoms with E-state index in [4.69, 9.17) is 4.84 Å². The van der Waals surface area contributed by atoms with Crippen molar-refractivity contribution in [1.29, 1.82) is 0 Å². The van der Waals surface area contributed by atoms with Crippen LogP contribution in [0.2, 0.25) is 0 Å². The maximum absolute atomic E-state index is 12.0. The summed E-state index contributed by atoms with van der Waals surface area (Å²) in [7, 11) is 0. The number of hydrogen-bond donors (Lipinski definition) is 0. The van der Waals surface area contributed by atoms with Crippen molar-refractivity contribution in [2.75, 3.05) is 13.1 Å². The second-order valence-electron chi connectivity index (χ2n) is 3.98. The Morgan fingerprint density at radius 1 is 1.11 bits per heavy atom. The van der Waals surface area contributed by atoms with E-state index in [0.29, 0.717) is 18.2 Å². The first kappa shape index (κ1) is 13.1. The maximum Gasteiger partial charge on any atom is 0.434 e. The number of benzene rings is 1. The Kier molecular flexibility index (Phi) is 3.50. The highest BCUT2D eigenvalue weighted by Gasteiger charge is 2.39. The summed E-state index contributed by atoms with van der Waals surface area (Å²) in [5, 5.41) is 0.519. The van der Waals surface area contributed by atoms with Crippen LogP contribution in [0.3, 0.4) is 0 Å². The molecule has 1 aromatic rings. The molecule has 0 aromatic heterocycles. The molecule has 6 heteroatoms. The topological polar surface area (TPSA) is 66.9 Å². The molecule has 0 radical (unpaired) electrons. The molecule has 0 atom stereocenters. The number of amides is 3. The van der Waals surface area contributed by atoms with Gasteiger partial charge in [0.05, 0.1) is 11.1 Å². The van der Waals surface area contributed by atoms with Crippen LogP contribution in [0.1, 0.15) is 34.6 Å². The van der Waals surface area contributed by atoms with Gasteiger partial charge in [0.25, 0.3) is 11.8 Å². The minimum Gasteiger partial charge on any atom is -0.310 e. The molecule has 0 bridgehead atoms. The van der Waals surface area contributed by atoms with Crippen LogP contribution < -0.4 is 0 Å². The molecule has 0 spiro atoms. The molecule has 0 fully saturated rings. The minimum absolute atomic E-state index is 0.250. The number of hydroxylamine groups is 2. The van der Waals surface area contributed by atoms with Crippen molar-refractivity contribution in [1.82, 2.24) is 9.96 Å².